The Labute approximate surface area is 194 Å². The number of halogens is 2. The number of non-ortho nitro benzene ring substituents is 1. The average molecular weight is 545 g/mol. The molecule has 0 fully saturated rings. The highest BCUT2D eigenvalue weighted by molar-refractivity contribution is 9.10. The summed E-state index contributed by atoms with van der Waals surface area (Å²) in [5, 5.41) is 16.2. The van der Waals surface area contributed by atoms with Crippen LogP contribution in [0.2, 0.25) is 0 Å². The van der Waals surface area contributed by atoms with Gasteiger partial charge in [0.25, 0.3) is 17.5 Å². The number of amides is 2. The minimum atomic E-state index is -0.541. The smallest absolute Gasteiger partial charge is 0.272 e. The van der Waals surface area contributed by atoms with Gasteiger partial charge in [-0.3, -0.25) is 19.7 Å². The maximum atomic E-state index is 12.9. The van der Waals surface area contributed by atoms with Gasteiger partial charge in [-0.25, -0.2) is 0 Å². The SMILES string of the molecule is O=C(Nc1ccc(Br)cc1)/C(=C\c1ccc([N+](=O)[O-])cc1)NC(=O)c1ccccc1Br. The van der Waals surface area contributed by atoms with Gasteiger partial charge in [0, 0.05) is 26.8 Å². The Kier molecular flexibility index (Phi) is 7.32. The minimum Gasteiger partial charge on any atom is -0.321 e. The molecule has 0 saturated carbocycles. The second-order valence-electron chi connectivity index (χ2n) is 6.30. The highest BCUT2D eigenvalue weighted by Crippen LogP contribution is 2.19. The van der Waals surface area contributed by atoms with Crippen molar-refractivity contribution in [1.82, 2.24) is 5.32 Å². The van der Waals surface area contributed by atoms with Crippen molar-refractivity contribution >= 4 is 61.1 Å². The molecule has 0 aliphatic rings. The third-order valence-electron chi connectivity index (χ3n) is 4.13. The molecule has 3 aromatic carbocycles. The molecule has 0 aliphatic heterocycles. The third kappa shape index (κ3) is 6.09. The van der Waals surface area contributed by atoms with Crippen LogP contribution in [0.3, 0.4) is 0 Å². The molecule has 3 aromatic rings. The van der Waals surface area contributed by atoms with Crippen molar-refractivity contribution in [1.29, 1.82) is 0 Å². The lowest BCUT2D eigenvalue weighted by atomic mass is 10.1. The summed E-state index contributed by atoms with van der Waals surface area (Å²) < 4.78 is 1.44. The molecule has 9 heteroatoms. The standard InChI is InChI=1S/C22H15Br2N3O4/c23-15-7-9-16(10-8-15)25-22(29)20(13-14-5-11-17(12-6-14)27(30)31)26-21(28)18-3-1-2-4-19(18)24/h1-13H,(H,25,29)(H,26,28)/b20-13+. The maximum absolute atomic E-state index is 12.9. The van der Waals surface area contributed by atoms with Gasteiger partial charge in [0.05, 0.1) is 10.5 Å². The molecule has 0 spiro atoms. The van der Waals surface area contributed by atoms with Crippen molar-refractivity contribution in [2.75, 3.05) is 5.32 Å². The van der Waals surface area contributed by atoms with Crippen LogP contribution in [0.15, 0.2) is 87.4 Å². The summed E-state index contributed by atoms with van der Waals surface area (Å²) in [4.78, 5) is 36.0. The van der Waals surface area contributed by atoms with Crippen LogP contribution in [0.4, 0.5) is 11.4 Å². The van der Waals surface area contributed by atoms with Crippen LogP contribution < -0.4 is 10.6 Å². The van der Waals surface area contributed by atoms with E-state index in [4.69, 9.17) is 0 Å². The number of nitrogens with one attached hydrogen (secondary N) is 2. The first-order chi connectivity index (χ1) is 14.8. The predicted molar refractivity (Wildman–Crippen MR) is 125 cm³/mol. The zero-order valence-electron chi connectivity index (χ0n) is 15.8. The van der Waals surface area contributed by atoms with Crippen molar-refractivity contribution in [2.45, 2.75) is 0 Å². The highest BCUT2D eigenvalue weighted by atomic mass is 79.9. The van der Waals surface area contributed by atoms with Gasteiger partial charge < -0.3 is 10.6 Å². The average Bonchev–Trinajstić information content (AvgIpc) is 2.75. The Morgan fingerprint density at radius 1 is 0.903 bits per heavy atom. The predicted octanol–water partition coefficient (Wildman–Crippen LogP) is 5.53. The fraction of sp³-hybridized carbons (Fsp3) is 0. The van der Waals surface area contributed by atoms with E-state index in [1.807, 2.05) is 0 Å². The van der Waals surface area contributed by atoms with E-state index < -0.39 is 16.7 Å². The Balaban J connectivity index is 1.91. The first kappa shape index (κ1) is 22.4. The van der Waals surface area contributed by atoms with Gasteiger partial charge >= 0.3 is 0 Å². The molecule has 0 heterocycles. The number of benzene rings is 3. The number of rotatable bonds is 6. The maximum Gasteiger partial charge on any atom is 0.272 e. The molecule has 0 aromatic heterocycles. The van der Waals surface area contributed by atoms with Crippen LogP contribution in [0.1, 0.15) is 15.9 Å². The lowest BCUT2D eigenvalue weighted by Crippen LogP contribution is -2.31. The fourth-order valence-electron chi connectivity index (χ4n) is 2.58. The second kappa shape index (κ2) is 10.1. The molecular formula is C22H15Br2N3O4. The molecule has 0 radical (unpaired) electrons. The molecule has 0 aliphatic carbocycles. The van der Waals surface area contributed by atoms with Crippen LogP contribution in [-0.4, -0.2) is 16.7 Å². The molecule has 0 bridgehead atoms. The zero-order valence-corrected chi connectivity index (χ0v) is 19.0. The molecule has 0 atom stereocenters. The van der Waals surface area contributed by atoms with E-state index in [1.165, 1.54) is 30.3 Å². The first-order valence-corrected chi connectivity index (χ1v) is 10.5. The molecular weight excluding hydrogens is 530 g/mol. The van der Waals surface area contributed by atoms with E-state index in [0.29, 0.717) is 21.3 Å². The molecule has 0 saturated heterocycles. The minimum absolute atomic E-state index is 0.0162. The van der Waals surface area contributed by atoms with Crippen LogP contribution in [0.25, 0.3) is 6.08 Å². The van der Waals surface area contributed by atoms with E-state index in [2.05, 4.69) is 42.5 Å². The van der Waals surface area contributed by atoms with Gasteiger partial charge in [0.1, 0.15) is 5.70 Å². The lowest BCUT2D eigenvalue weighted by molar-refractivity contribution is -0.384. The van der Waals surface area contributed by atoms with Gasteiger partial charge in [-0.1, -0.05) is 28.1 Å². The fourth-order valence-corrected chi connectivity index (χ4v) is 3.31. The normalized spacial score (nSPS) is 11.0. The van der Waals surface area contributed by atoms with E-state index in [1.54, 1.807) is 48.5 Å². The van der Waals surface area contributed by atoms with Crippen molar-refractivity contribution in [3.05, 3.63) is 109 Å². The van der Waals surface area contributed by atoms with Gasteiger partial charge in [0.15, 0.2) is 0 Å². The van der Waals surface area contributed by atoms with E-state index in [0.717, 1.165) is 4.47 Å². The number of nitro benzene ring substituents is 1. The molecule has 31 heavy (non-hydrogen) atoms. The first-order valence-electron chi connectivity index (χ1n) is 8.92. The van der Waals surface area contributed by atoms with Crippen molar-refractivity contribution in [3.8, 4) is 0 Å². The van der Waals surface area contributed by atoms with E-state index in [-0.39, 0.29) is 11.4 Å². The quantitative estimate of drug-likeness (QED) is 0.242. The molecule has 3 rings (SSSR count). The number of nitrogens with zero attached hydrogens (tertiary/aromatic N) is 1. The zero-order chi connectivity index (χ0) is 22.4. The summed E-state index contributed by atoms with van der Waals surface area (Å²) >= 11 is 6.66. The Hall–Kier alpha value is -3.30. The van der Waals surface area contributed by atoms with Gasteiger partial charge in [0.2, 0.25) is 0 Å². The molecule has 2 amide bonds. The number of carbonyl (C=O) groups excluding carboxylic acids is 2. The number of nitro groups is 1. The Bertz CT molecular complexity index is 1160. The van der Waals surface area contributed by atoms with Gasteiger partial charge in [-0.15, -0.1) is 0 Å². The Morgan fingerprint density at radius 2 is 1.55 bits per heavy atom. The topological polar surface area (TPSA) is 101 Å². The molecule has 2 N–H and O–H groups in total. The number of carbonyl (C=O) groups is 2. The molecule has 0 unspecified atom stereocenters. The van der Waals surface area contributed by atoms with Crippen molar-refractivity contribution in [3.63, 3.8) is 0 Å². The van der Waals surface area contributed by atoms with Crippen molar-refractivity contribution in [2.24, 2.45) is 0 Å². The molecule has 156 valence electrons. The monoisotopic (exact) mass is 543 g/mol. The number of hydrogen-bond donors (Lipinski definition) is 2. The summed E-state index contributed by atoms with van der Waals surface area (Å²) in [6, 6.07) is 19.4. The van der Waals surface area contributed by atoms with Crippen LogP contribution in [0, 0.1) is 10.1 Å². The Morgan fingerprint density at radius 3 is 2.16 bits per heavy atom. The van der Waals surface area contributed by atoms with Crippen LogP contribution >= 0.6 is 31.9 Å². The van der Waals surface area contributed by atoms with Gasteiger partial charge in [-0.05, 0) is 76.1 Å². The van der Waals surface area contributed by atoms with Crippen LogP contribution in [-0.2, 0) is 4.79 Å². The summed E-state index contributed by atoms with van der Waals surface area (Å²) in [5.41, 5.74) is 1.32. The van der Waals surface area contributed by atoms with Crippen molar-refractivity contribution < 1.29 is 14.5 Å². The summed E-state index contributed by atoms with van der Waals surface area (Å²) in [6.07, 6.45) is 1.45. The summed E-state index contributed by atoms with van der Waals surface area (Å²) in [6.45, 7) is 0. The molecule has 7 nitrogen and oxygen atoms in total. The number of hydrogen-bond acceptors (Lipinski definition) is 4. The lowest BCUT2D eigenvalue weighted by Gasteiger charge is -2.12. The number of anilines is 1. The summed E-state index contributed by atoms with van der Waals surface area (Å²) in [7, 11) is 0. The van der Waals surface area contributed by atoms with Gasteiger partial charge in [-0.2, -0.15) is 0 Å². The van der Waals surface area contributed by atoms with E-state index in [9.17, 15) is 19.7 Å². The summed E-state index contributed by atoms with van der Waals surface area (Å²) in [5.74, 6) is -1.02. The second-order valence-corrected chi connectivity index (χ2v) is 8.07. The van der Waals surface area contributed by atoms with E-state index >= 15 is 0 Å². The largest absolute Gasteiger partial charge is 0.321 e. The van der Waals surface area contributed by atoms with Crippen LogP contribution in [0.5, 0.6) is 0 Å². The third-order valence-corrected chi connectivity index (χ3v) is 5.35. The highest BCUT2D eigenvalue weighted by Gasteiger charge is 2.17.